The van der Waals surface area contributed by atoms with Crippen LogP contribution in [0.2, 0.25) is 0 Å². The summed E-state index contributed by atoms with van der Waals surface area (Å²) in [5, 5.41) is 247. The standard InChI is InChI=1S/C92H162N4O39/c1-6-8-10-12-14-16-18-20-21-22-23-24-25-26-27-28-29-31-33-35-37-39-41-43-66(110)96-56(57(105)42-40-38-36-34-32-30-19-17-15-13-11-9-7-2)51-124-86-76(117)75(116)79(64(50-101)128-86)130-87-77(118)83(72(113)62(48-99)126-87)132-85-69(95-55(5)104)80(74(115)65(129-85)52-125-91(89(120)121)44-58(106)67(93-53(3)102)81(133-91)70(111)60(108)46-97)131-88-78(119)84(73(114)63(49-100)127-88)135-92(90(122)123)45-59(107)68(94-54(4)103)82(134-92)71(112)61(109)47-98/h20-21,40,42,56-65,67-88,97-101,105-109,111-119H,6-19,22-39,41,43-52H2,1-5H3,(H,93,102)(H,94,103)(H,95,104)(H,96,110)(H,120,121)(H,122,123)/b21-20-,42-40+/t56-,57+,58?,59?,60+,61+,62?,63?,64?,65?,67+,68+,69?,70+,71+,72-,73-,74+,75+,76?,77?,78?,79+,80+,81?,82?,83-,84-,85-,86+,87-,88-,91+,92-/m0/s1. The van der Waals surface area contributed by atoms with Gasteiger partial charge in [0.1, 0.15) is 134 Å². The molecule has 12 unspecified atom stereocenters. The topological polar surface area (TPSA) is 686 Å². The van der Waals surface area contributed by atoms with Gasteiger partial charge in [0.05, 0.1) is 82.7 Å². The maximum Gasteiger partial charge on any atom is 0.364 e. The third kappa shape index (κ3) is 37.1. The maximum atomic E-state index is 13.7. The number of allylic oxidation sites excluding steroid dienone is 3. The molecule has 43 nitrogen and oxygen atoms in total. The zero-order valence-corrected chi connectivity index (χ0v) is 78.9. The molecule has 784 valence electrons. The normalized spacial score (nSPS) is 33.8. The van der Waals surface area contributed by atoms with Gasteiger partial charge in [-0.1, -0.05) is 205 Å². The molecule has 34 atom stereocenters. The molecule has 0 aromatic carbocycles. The summed E-state index contributed by atoms with van der Waals surface area (Å²) in [6.07, 6.45) is -18.8. The van der Waals surface area contributed by atoms with Gasteiger partial charge in [-0.15, -0.1) is 0 Å². The second kappa shape index (κ2) is 62.5. The summed E-state index contributed by atoms with van der Waals surface area (Å²) in [6, 6.07) is -6.89. The highest BCUT2D eigenvalue weighted by Gasteiger charge is 2.63. The summed E-state index contributed by atoms with van der Waals surface area (Å²) < 4.78 is 71.8. The molecule has 0 aliphatic carbocycles. The van der Waals surface area contributed by atoms with E-state index >= 15 is 0 Å². The lowest BCUT2D eigenvalue weighted by molar-refractivity contribution is -0.391. The molecular formula is C92H162N4O39. The molecule has 0 radical (unpaired) electrons. The van der Waals surface area contributed by atoms with Gasteiger partial charge in [-0.05, 0) is 44.9 Å². The molecule has 0 spiro atoms. The molecule has 6 saturated heterocycles. The van der Waals surface area contributed by atoms with E-state index in [1.165, 1.54) is 134 Å². The highest BCUT2D eigenvalue weighted by Crippen LogP contribution is 2.42. The van der Waals surface area contributed by atoms with E-state index in [4.69, 9.17) is 56.8 Å². The van der Waals surface area contributed by atoms with E-state index in [9.17, 15) is 136 Å². The van der Waals surface area contributed by atoms with Crippen LogP contribution in [0.5, 0.6) is 0 Å². The van der Waals surface area contributed by atoms with Gasteiger partial charge in [0, 0.05) is 40.0 Å². The van der Waals surface area contributed by atoms with Crippen molar-refractivity contribution in [2.45, 2.75) is 473 Å². The Morgan fingerprint density at radius 3 is 1.21 bits per heavy atom. The predicted molar refractivity (Wildman–Crippen MR) is 477 cm³/mol. The van der Waals surface area contributed by atoms with Gasteiger partial charge in [-0.25, -0.2) is 9.59 Å². The van der Waals surface area contributed by atoms with E-state index in [1.807, 2.05) is 0 Å². The van der Waals surface area contributed by atoms with Gasteiger partial charge in [0.2, 0.25) is 23.6 Å². The molecular weight excluding hydrogens is 1790 g/mol. The number of nitrogens with one attached hydrogen (secondary N) is 4. The monoisotopic (exact) mass is 1950 g/mol. The first-order valence-electron chi connectivity index (χ1n) is 48.9. The van der Waals surface area contributed by atoms with Crippen LogP contribution in [0.1, 0.15) is 266 Å². The van der Waals surface area contributed by atoms with Crippen LogP contribution in [0, 0.1) is 0 Å². The number of carboxylic acids is 2. The zero-order chi connectivity index (χ0) is 99.5. The Bertz CT molecular complexity index is 3400. The number of aliphatic carboxylic acids is 2. The Balaban J connectivity index is 1.22. The number of carbonyl (C=O) groups excluding carboxylic acids is 4. The average Bonchev–Trinajstić information content (AvgIpc) is 0.753. The molecule has 6 aliphatic rings. The van der Waals surface area contributed by atoms with Crippen molar-refractivity contribution in [3.8, 4) is 0 Å². The van der Waals surface area contributed by atoms with Gasteiger partial charge in [-0.2, -0.15) is 0 Å². The highest BCUT2D eigenvalue weighted by atomic mass is 16.8. The van der Waals surface area contributed by atoms with Crippen LogP contribution >= 0.6 is 0 Å². The number of amides is 4. The minimum Gasteiger partial charge on any atom is -0.477 e. The van der Waals surface area contributed by atoms with Crippen LogP contribution in [-0.2, 0) is 85.6 Å². The summed E-state index contributed by atoms with van der Waals surface area (Å²) in [5.41, 5.74) is 0. The number of rotatable bonds is 66. The molecule has 4 amide bonds. The number of hydrogen-bond acceptors (Lipinski definition) is 37. The molecule has 6 rings (SSSR count). The maximum absolute atomic E-state index is 13.7. The Labute approximate surface area is 790 Å². The number of carbonyl (C=O) groups is 6. The lowest BCUT2D eigenvalue weighted by Crippen LogP contribution is -2.72. The van der Waals surface area contributed by atoms with Crippen molar-refractivity contribution in [2.75, 3.05) is 46.2 Å². The van der Waals surface area contributed by atoms with Gasteiger partial charge < -0.3 is 185 Å². The molecule has 6 heterocycles. The van der Waals surface area contributed by atoms with Crippen LogP contribution in [0.25, 0.3) is 0 Å². The zero-order valence-electron chi connectivity index (χ0n) is 78.9. The average molecular weight is 1950 g/mol. The van der Waals surface area contributed by atoms with Gasteiger partial charge in [0.25, 0.3) is 11.6 Å². The van der Waals surface area contributed by atoms with E-state index < -0.39 is 302 Å². The fourth-order valence-electron chi connectivity index (χ4n) is 17.9. The number of unbranched alkanes of at least 4 members (excludes halogenated alkanes) is 30. The summed E-state index contributed by atoms with van der Waals surface area (Å²) in [6.45, 7) is -0.641. The largest absolute Gasteiger partial charge is 0.477 e. The summed E-state index contributed by atoms with van der Waals surface area (Å²) in [4.78, 5) is 79.2. The SMILES string of the molecule is CCCCCCCC/C=C\CCCCCCCCCCCCCCCC(=O)N[C@@H](CO[C@@H]1OC(CO)[C@@H](O[C@@H]2OC(CO)[C@H](O)[C@H](O[C@@H]3OC(CO[C@]4(C(=O)O)CC(O)[C@@H](NC(C)=O)C([C@H](O)[C@H](O)CO)O4)[C@@H](O)[C@H](O[C@@H]4OC(CO)[C@H](O)[C@H](O[C@]5(C(=O)O)CC(O)[C@@H](NC(C)=O)C([C@H](O)[C@H](O)CO)O5)C4O)C3NC(C)=O)C2O)[C@H](O)C1O)[C@H](O)/C=C/CCCCCCCCCCCCC. The molecule has 0 bridgehead atoms. The molecule has 0 aromatic heterocycles. The second-order valence-electron chi connectivity index (χ2n) is 36.7. The van der Waals surface area contributed by atoms with E-state index in [-0.39, 0.29) is 6.42 Å². The van der Waals surface area contributed by atoms with Crippen molar-refractivity contribution >= 4 is 35.6 Å². The van der Waals surface area contributed by atoms with E-state index in [0.717, 1.165) is 91.4 Å². The van der Waals surface area contributed by atoms with Crippen molar-refractivity contribution in [2.24, 2.45) is 0 Å². The quantitative estimate of drug-likeness (QED) is 0.0257. The Kier molecular flexibility index (Phi) is 55.0. The lowest BCUT2D eigenvalue weighted by atomic mass is 9.88. The van der Waals surface area contributed by atoms with Crippen LogP contribution in [-0.4, -0.2) is 396 Å². The van der Waals surface area contributed by atoms with E-state index in [2.05, 4.69) is 47.3 Å². The van der Waals surface area contributed by atoms with E-state index in [0.29, 0.717) is 12.8 Å². The molecule has 0 aromatic rings. The number of aliphatic hydroxyl groups is 19. The van der Waals surface area contributed by atoms with Gasteiger partial charge >= 0.3 is 11.9 Å². The first-order valence-corrected chi connectivity index (χ1v) is 48.9. The highest BCUT2D eigenvalue weighted by molar-refractivity contribution is 5.78. The molecule has 135 heavy (non-hydrogen) atoms. The first-order chi connectivity index (χ1) is 64.5. The number of carboxylic acid groups (broad SMARTS) is 2. The lowest BCUT2D eigenvalue weighted by Gasteiger charge is -2.52. The van der Waals surface area contributed by atoms with Crippen LogP contribution in [0.15, 0.2) is 24.3 Å². The van der Waals surface area contributed by atoms with Crippen molar-refractivity contribution in [1.29, 1.82) is 0 Å². The van der Waals surface area contributed by atoms with E-state index in [1.54, 1.807) is 6.08 Å². The first kappa shape index (κ1) is 119. The molecule has 6 fully saturated rings. The molecule has 6 aliphatic heterocycles. The Morgan fingerprint density at radius 2 is 0.770 bits per heavy atom. The molecule has 0 saturated carbocycles. The van der Waals surface area contributed by atoms with Crippen molar-refractivity contribution in [3.63, 3.8) is 0 Å². The van der Waals surface area contributed by atoms with Crippen LogP contribution in [0.4, 0.5) is 0 Å². The third-order valence-corrected chi connectivity index (χ3v) is 25.7. The van der Waals surface area contributed by atoms with Gasteiger partial charge in [0.15, 0.2) is 25.2 Å². The van der Waals surface area contributed by atoms with Crippen molar-refractivity contribution < 1.29 is 193 Å². The predicted octanol–water partition coefficient (Wildman–Crippen LogP) is -0.972. The Morgan fingerprint density at radius 1 is 0.400 bits per heavy atom. The minimum absolute atomic E-state index is 0.113. The van der Waals surface area contributed by atoms with Crippen LogP contribution < -0.4 is 21.3 Å². The van der Waals surface area contributed by atoms with Crippen molar-refractivity contribution in [1.82, 2.24) is 21.3 Å². The molecule has 43 heteroatoms. The number of ether oxygens (including phenoxy) is 12. The van der Waals surface area contributed by atoms with Crippen LogP contribution in [0.3, 0.4) is 0 Å². The number of hydrogen-bond donors (Lipinski definition) is 25. The fourth-order valence-corrected chi connectivity index (χ4v) is 17.9. The fraction of sp³-hybridized carbons (Fsp3) is 0.891. The van der Waals surface area contributed by atoms with Gasteiger partial charge in [-0.3, -0.25) is 19.2 Å². The third-order valence-electron chi connectivity index (χ3n) is 25.7. The number of aliphatic hydroxyl groups excluding tert-OH is 19. The second-order valence-corrected chi connectivity index (χ2v) is 36.7. The minimum atomic E-state index is -3.37. The Hall–Kier alpha value is -4.94. The summed E-state index contributed by atoms with van der Waals surface area (Å²) in [5.74, 6) is -14.2. The van der Waals surface area contributed by atoms with Crippen molar-refractivity contribution in [3.05, 3.63) is 24.3 Å². The molecule has 25 N–H and O–H groups in total. The summed E-state index contributed by atoms with van der Waals surface area (Å²) in [7, 11) is 0. The smallest absolute Gasteiger partial charge is 0.364 e. The summed E-state index contributed by atoms with van der Waals surface area (Å²) >= 11 is 0.